The van der Waals surface area contributed by atoms with Crippen molar-refractivity contribution in [2.45, 2.75) is 59.3 Å². The predicted octanol–water partition coefficient (Wildman–Crippen LogP) is 0.627. The van der Waals surface area contributed by atoms with Crippen LogP contribution in [0.15, 0.2) is 0 Å². The fraction of sp³-hybridized carbons (Fsp3) is 0.850. The van der Waals surface area contributed by atoms with Crippen LogP contribution in [0.3, 0.4) is 0 Å². The lowest BCUT2D eigenvalue weighted by atomic mass is 10.3. The van der Waals surface area contributed by atoms with Gasteiger partial charge in [0.15, 0.2) is 0 Å². The third kappa shape index (κ3) is 16.5. The lowest BCUT2D eigenvalue weighted by molar-refractivity contribution is -0.125. The van der Waals surface area contributed by atoms with Crippen molar-refractivity contribution in [3.05, 3.63) is 0 Å². The molecular formula is C20H41N5O3. The van der Waals surface area contributed by atoms with Crippen LogP contribution in [0, 0.1) is 0 Å². The molecule has 0 atom stereocenters. The van der Waals surface area contributed by atoms with Crippen molar-refractivity contribution in [1.82, 2.24) is 26.2 Å². The van der Waals surface area contributed by atoms with Gasteiger partial charge in [0, 0.05) is 32.7 Å². The molecule has 0 unspecified atom stereocenters. The molecule has 4 N–H and O–H groups in total. The van der Waals surface area contributed by atoms with Crippen molar-refractivity contribution in [2.24, 2.45) is 0 Å². The summed E-state index contributed by atoms with van der Waals surface area (Å²) in [4.78, 5) is 37.7. The van der Waals surface area contributed by atoms with Gasteiger partial charge in [0.2, 0.25) is 17.7 Å². The summed E-state index contributed by atoms with van der Waals surface area (Å²) in [7, 11) is 0. The smallest absolute Gasteiger partial charge is 0.234 e. The molecule has 0 aromatic heterocycles. The minimum atomic E-state index is -0.0767. The summed E-state index contributed by atoms with van der Waals surface area (Å²) in [6.07, 6.45) is 5.95. The SMILES string of the molecule is CCCCNC(=O)CNCCN(CC(=O)NCCCC)CC(=O)NCCCC. The molecule has 0 aliphatic rings. The van der Waals surface area contributed by atoms with E-state index in [-0.39, 0.29) is 37.4 Å². The molecule has 0 radical (unpaired) electrons. The Bertz CT molecular complexity index is 408. The fourth-order valence-electron chi connectivity index (χ4n) is 2.45. The van der Waals surface area contributed by atoms with E-state index in [4.69, 9.17) is 0 Å². The Kier molecular flexibility index (Phi) is 17.6. The Morgan fingerprint density at radius 1 is 0.643 bits per heavy atom. The van der Waals surface area contributed by atoms with Crippen LogP contribution >= 0.6 is 0 Å². The average molecular weight is 400 g/mol. The molecule has 8 heteroatoms. The van der Waals surface area contributed by atoms with E-state index in [1.165, 1.54) is 0 Å². The van der Waals surface area contributed by atoms with Crippen molar-refractivity contribution in [2.75, 3.05) is 52.4 Å². The molecule has 0 aliphatic heterocycles. The van der Waals surface area contributed by atoms with Gasteiger partial charge in [0.1, 0.15) is 0 Å². The monoisotopic (exact) mass is 399 g/mol. The molecule has 0 aromatic rings. The summed E-state index contributed by atoms with van der Waals surface area (Å²) in [6.45, 7) is 9.87. The minimum absolute atomic E-state index is 0.0328. The standard InChI is InChI=1S/C20H41N5O3/c1-4-7-10-22-18(26)15-21-13-14-25(16-19(27)23-11-8-5-2)17-20(28)24-12-9-6-3/h21H,4-17H2,1-3H3,(H,22,26)(H,23,27)(H,24,28). The van der Waals surface area contributed by atoms with Crippen LogP contribution in [0.5, 0.6) is 0 Å². The first-order chi connectivity index (χ1) is 13.5. The second-order valence-corrected chi connectivity index (χ2v) is 7.00. The maximum atomic E-state index is 12.1. The molecule has 8 nitrogen and oxygen atoms in total. The van der Waals surface area contributed by atoms with E-state index in [1.54, 1.807) is 0 Å². The van der Waals surface area contributed by atoms with Crippen molar-refractivity contribution in [3.8, 4) is 0 Å². The number of amides is 3. The number of hydrogen-bond acceptors (Lipinski definition) is 5. The number of nitrogens with zero attached hydrogens (tertiary/aromatic N) is 1. The summed E-state index contributed by atoms with van der Waals surface area (Å²) in [5.74, 6) is -0.186. The normalized spacial score (nSPS) is 10.7. The van der Waals surface area contributed by atoms with Crippen molar-refractivity contribution in [3.63, 3.8) is 0 Å². The van der Waals surface area contributed by atoms with Crippen molar-refractivity contribution in [1.29, 1.82) is 0 Å². The summed E-state index contributed by atoms with van der Waals surface area (Å²) in [5, 5.41) is 11.7. The number of hydrogen-bond donors (Lipinski definition) is 4. The highest BCUT2D eigenvalue weighted by Gasteiger charge is 2.14. The molecule has 164 valence electrons. The molecule has 0 spiro atoms. The highest BCUT2D eigenvalue weighted by Crippen LogP contribution is 1.91. The molecule has 3 amide bonds. The Balaban J connectivity index is 4.29. The molecule has 0 aromatic carbocycles. The second kappa shape index (κ2) is 18.7. The lowest BCUT2D eigenvalue weighted by Gasteiger charge is -2.21. The topological polar surface area (TPSA) is 103 Å². The Hall–Kier alpha value is -1.67. The second-order valence-electron chi connectivity index (χ2n) is 7.00. The molecule has 0 fully saturated rings. The van der Waals surface area contributed by atoms with Gasteiger partial charge in [-0.2, -0.15) is 0 Å². The van der Waals surface area contributed by atoms with Gasteiger partial charge in [-0.15, -0.1) is 0 Å². The van der Waals surface area contributed by atoms with Crippen LogP contribution in [0.4, 0.5) is 0 Å². The van der Waals surface area contributed by atoms with Crippen LogP contribution in [-0.4, -0.2) is 75.0 Å². The highest BCUT2D eigenvalue weighted by molar-refractivity contribution is 5.81. The van der Waals surface area contributed by atoms with Gasteiger partial charge in [-0.05, 0) is 19.3 Å². The fourth-order valence-corrected chi connectivity index (χ4v) is 2.45. The molecule has 0 heterocycles. The molecule has 0 saturated heterocycles. The maximum Gasteiger partial charge on any atom is 0.234 e. The number of carbonyl (C=O) groups is 3. The zero-order chi connectivity index (χ0) is 21.0. The van der Waals surface area contributed by atoms with Gasteiger partial charge in [-0.3, -0.25) is 19.3 Å². The Morgan fingerprint density at radius 3 is 1.50 bits per heavy atom. The van der Waals surface area contributed by atoms with E-state index in [1.807, 2.05) is 4.90 Å². The van der Waals surface area contributed by atoms with E-state index in [0.717, 1.165) is 38.5 Å². The number of rotatable bonds is 18. The summed E-state index contributed by atoms with van der Waals surface area (Å²) < 4.78 is 0. The number of nitrogens with one attached hydrogen (secondary N) is 4. The van der Waals surface area contributed by atoms with E-state index < -0.39 is 0 Å². The number of carbonyl (C=O) groups excluding carboxylic acids is 3. The van der Waals surface area contributed by atoms with Gasteiger partial charge >= 0.3 is 0 Å². The first-order valence-corrected chi connectivity index (χ1v) is 10.8. The molecule has 0 aliphatic carbocycles. The van der Waals surface area contributed by atoms with Gasteiger partial charge in [-0.1, -0.05) is 40.0 Å². The summed E-state index contributed by atoms with van der Waals surface area (Å²) >= 11 is 0. The van der Waals surface area contributed by atoms with Gasteiger partial charge in [0.25, 0.3) is 0 Å². The van der Waals surface area contributed by atoms with E-state index in [9.17, 15) is 14.4 Å². The molecule has 0 bridgehead atoms. The van der Waals surface area contributed by atoms with Gasteiger partial charge < -0.3 is 21.3 Å². The van der Waals surface area contributed by atoms with E-state index in [0.29, 0.717) is 32.7 Å². The zero-order valence-electron chi connectivity index (χ0n) is 18.1. The van der Waals surface area contributed by atoms with Crippen LogP contribution in [0.25, 0.3) is 0 Å². The maximum absolute atomic E-state index is 12.1. The average Bonchev–Trinajstić information content (AvgIpc) is 2.65. The predicted molar refractivity (Wildman–Crippen MR) is 113 cm³/mol. The summed E-state index contributed by atoms with van der Waals surface area (Å²) in [5.41, 5.74) is 0. The largest absolute Gasteiger partial charge is 0.355 e. The first kappa shape index (κ1) is 26.3. The third-order valence-corrected chi connectivity index (χ3v) is 4.18. The molecular weight excluding hydrogens is 358 g/mol. The minimum Gasteiger partial charge on any atom is -0.355 e. The van der Waals surface area contributed by atoms with E-state index >= 15 is 0 Å². The number of unbranched alkanes of at least 4 members (excludes halogenated alkanes) is 3. The molecule has 0 saturated carbocycles. The summed E-state index contributed by atoms with van der Waals surface area (Å²) in [6, 6.07) is 0. The highest BCUT2D eigenvalue weighted by atomic mass is 16.2. The van der Waals surface area contributed by atoms with Crippen molar-refractivity contribution < 1.29 is 14.4 Å². The van der Waals surface area contributed by atoms with Gasteiger partial charge in [-0.25, -0.2) is 0 Å². The molecule has 28 heavy (non-hydrogen) atoms. The van der Waals surface area contributed by atoms with Crippen LogP contribution < -0.4 is 21.3 Å². The lowest BCUT2D eigenvalue weighted by Crippen LogP contribution is -2.46. The van der Waals surface area contributed by atoms with Crippen LogP contribution in [0.1, 0.15) is 59.3 Å². The zero-order valence-corrected chi connectivity index (χ0v) is 18.1. The molecule has 0 rings (SSSR count). The quantitative estimate of drug-likeness (QED) is 0.253. The Morgan fingerprint density at radius 2 is 1.07 bits per heavy atom. The van der Waals surface area contributed by atoms with E-state index in [2.05, 4.69) is 42.0 Å². The first-order valence-electron chi connectivity index (χ1n) is 10.8. The van der Waals surface area contributed by atoms with Gasteiger partial charge in [0.05, 0.1) is 19.6 Å². The third-order valence-electron chi connectivity index (χ3n) is 4.18. The Labute approximate surface area is 170 Å². The van der Waals surface area contributed by atoms with Crippen molar-refractivity contribution >= 4 is 17.7 Å². The van der Waals surface area contributed by atoms with Crippen LogP contribution in [-0.2, 0) is 14.4 Å². The van der Waals surface area contributed by atoms with Crippen LogP contribution in [0.2, 0.25) is 0 Å².